The van der Waals surface area contributed by atoms with E-state index in [0.29, 0.717) is 0 Å². The molecule has 0 bridgehead atoms. The van der Waals surface area contributed by atoms with Crippen molar-refractivity contribution >= 4 is 23.1 Å². The largest absolute Gasteiger partial charge is 0.391 e. The predicted molar refractivity (Wildman–Crippen MR) is 56.4 cm³/mol. The number of aliphatic hydroxyl groups excluding tert-OH is 1. The van der Waals surface area contributed by atoms with Gasteiger partial charge in [0.1, 0.15) is 0 Å². The van der Waals surface area contributed by atoms with Crippen LogP contribution in [0.5, 0.6) is 0 Å². The minimum Gasteiger partial charge on any atom is -0.391 e. The van der Waals surface area contributed by atoms with Gasteiger partial charge in [0, 0.05) is 17.3 Å². The van der Waals surface area contributed by atoms with Crippen LogP contribution in [-0.4, -0.2) is 15.1 Å². The fourth-order valence-electron chi connectivity index (χ4n) is 0.926. The first-order valence-corrected chi connectivity index (χ1v) is 5.66. The van der Waals surface area contributed by atoms with Gasteiger partial charge in [0.25, 0.3) is 0 Å². The van der Waals surface area contributed by atoms with Gasteiger partial charge in [-0.15, -0.1) is 11.3 Å². The highest BCUT2D eigenvalue weighted by Gasteiger charge is 2.02. The molecule has 0 spiro atoms. The summed E-state index contributed by atoms with van der Waals surface area (Å²) < 4.78 is 1.10. The number of hydrogen-bond acceptors (Lipinski definition) is 5. The molecule has 14 heavy (non-hydrogen) atoms. The molecule has 0 aromatic carbocycles. The highest BCUT2D eigenvalue weighted by atomic mass is 32.2. The average molecular weight is 224 g/mol. The Kier molecular flexibility index (Phi) is 3.13. The van der Waals surface area contributed by atoms with Crippen LogP contribution in [-0.2, 0) is 6.61 Å². The van der Waals surface area contributed by atoms with E-state index in [0.717, 1.165) is 14.2 Å². The van der Waals surface area contributed by atoms with E-state index in [1.165, 1.54) is 11.8 Å². The zero-order valence-corrected chi connectivity index (χ0v) is 8.88. The smallest absolute Gasteiger partial charge is 0.193 e. The molecule has 2 aromatic heterocycles. The predicted octanol–water partition coefficient (Wildman–Crippen LogP) is 2.18. The number of aromatic nitrogens is 2. The van der Waals surface area contributed by atoms with Gasteiger partial charge in [0.15, 0.2) is 5.16 Å². The third kappa shape index (κ3) is 2.31. The van der Waals surface area contributed by atoms with E-state index in [-0.39, 0.29) is 6.61 Å². The second-order valence-corrected chi connectivity index (χ2v) is 4.95. The zero-order chi connectivity index (χ0) is 9.80. The van der Waals surface area contributed by atoms with Gasteiger partial charge in [0.05, 0.1) is 10.8 Å². The van der Waals surface area contributed by atoms with Crippen LogP contribution in [0.25, 0.3) is 0 Å². The summed E-state index contributed by atoms with van der Waals surface area (Å²) in [4.78, 5) is 9.17. The Labute approximate surface area is 89.9 Å². The van der Waals surface area contributed by atoms with E-state index < -0.39 is 0 Å². The maximum absolute atomic E-state index is 8.89. The molecular formula is C9H8N2OS2. The molecule has 0 unspecified atom stereocenters. The van der Waals surface area contributed by atoms with Crippen LogP contribution in [0.1, 0.15) is 4.88 Å². The molecule has 2 heterocycles. The first kappa shape index (κ1) is 9.64. The highest BCUT2D eigenvalue weighted by Crippen LogP contribution is 2.30. The van der Waals surface area contributed by atoms with Gasteiger partial charge in [0.2, 0.25) is 0 Å². The lowest BCUT2D eigenvalue weighted by atomic mass is 10.5. The van der Waals surface area contributed by atoms with E-state index >= 15 is 0 Å². The van der Waals surface area contributed by atoms with Crippen molar-refractivity contribution in [3.63, 3.8) is 0 Å². The third-order valence-electron chi connectivity index (χ3n) is 1.53. The lowest BCUT2D eigenvalue weighted by Crippen LogP contribution is -1.80. The molecule has 0 aliphatic carbocycles. The van der Waals surface area contributed by atoms with Crippen LogP contribution >= 0.6 is 23.1 Å². The first-order valence-electron chi connectivity index (χ1n) is 4.03. The summed E-state index contributed by atoms with van der Waals surface area (Å²) >= 11 is 3.07. The van der Waals surface area contributed by atoms with E-state index in [1.807, 2.05) is 12.1 Å². The van der Waals surface area contributed by atoms with Crippen molar-refractivity contribution in [3.05, 3.63) is 35.5 Å². The van der Waals surface area contributed by atoms with Crippen molar-refractivity contribution in [2.75, 3.05) is 0 Å². The molecule has 72 valence electrons. The van der Waals surface area contributed by atoms with Crippen LogP contribution < -0.4 is 0 Å². The molecule has 3 nitrogen and oxygen atoms in total. The molecule has 0 radical (unpaired) electrons. The Morgan fingerprint density at radius 1 is 1.29 bits per heavy atom. The topological polar surface area (TPSA) is 46.0 Å². The summed E-state index contributed by atoms with van der Waals surface area (Å²) in [6.07, 6.45) is 3.44. The van der Waals surface area contributed by atoms with Crippen LogP contribution in [0.4, 0.5) is 0 Å². The molecule has 5 heteroatoms. The second-order valence-electron chi connectivity index (χ2n) is 2.51. The molecule has 2 rings (SSSR count). The monoisotopic (exact) mass is 224 g/mol. The quantitative estimate of drug-likeness (QED) is 0.812. The van der Waals surface area contributed by atoms with Crippen molar-refractivity contribution in [2.24, 2.45) is 0 Å². The van der Waals surface area contributed by atoms with Gasteiger partial charge in [-0.25, -0.2) is 9.97 Å². The van der Waals surface area contributed by atoms with Gasteiger partial charge in [-0.3, -0.25) is 0 Å². The van der Waals surface area contributed by atoms with Crippen LogP contribution in [0.15, 0.2) is 40.0 Å². The van der Waals surface area contributed by atoms with Gasteiger partial charge in [-0.2, -0.15) is 0 Å². The van der Waals surface area contributed by atoms with Crippen LogP contribution in [0.2, 0.25) is 0 Å². The van der Waals surface area contributed by atoms with Crippen molar-refractivity contribution < 1.29 is 5.11 Å². The van der Waals surface area contributed by atoms with E-state index in [4.69, 9.17) is 5.11 Å². The van der Waals surface area contributed by atoms with Crippen LogP contribution in [0, 0.1) is 0 Å². The molecule has 0 saturated heterocycles. The standard InChI is InChI=1S/C9H8N2OS2/c12-6-7-2-3-8(13-7)14-9-10-4-1-5-11-9/h1-5,12H,6H2. The molecule has 0 atom stereocenters. The van der Waals surface area contributed by atoms with E-state index in [2.05, 4.69) is 9.97 Å². The first-order chi connectivity index (χ1) is 6.88. The summed E-state index contributed by atoms with van der Waals surface area (Å²) in [5.74, 6) is 0. The van der Waals surface area contributed by atoms with Gasteiger partial charge < -0.3 is 5.11 Å². The number of nitrogens with zero attached hydrogens (tertiary/aromatic N) is 2. The molecule has 0 amide bonds. The Morgan fingerprint density at radius 3 is 2.71 bits per heavy atom. The van der Waals surface area contributed by atoms with Crippen molar-refractivity contribution in [1.29, 1.82) is 0 Å². The molecule has 0 aliphatic rings. The van der Waals surface area contributed by atoms with Gasteiger partial charge in [-0.1, -0.05) is 0 Å². The van der Waals surface area contributed by atoms with Crippen molar-refractivity contribution in [2.45, 2.75) is 16.0 Å². The summed E-state index contributed by atoms with van der Waals surface area (Å²) in [7, 11) is 0. The summed E-state index contributed by atoms with van der Waals surface area (Å²) in [6, 6.07) is 5.67. The summed E-state index contributed by atoms with van der Waals surface area (Å²) in [5, 5.41) is 9.62. The number of aliphatic hydroxyl groups is 1. The van der Waals surface area contributed by atoms with Crippen LogP contribution in [0.3, 0.4) is 0 Å². The lowest BCUT2D eigenvalue weighted by Gasteiger charge is -1.93. The Bertz CT molecular complexity index is 402. The van der Waals surface area contributed by atoms with Gasteiger partial charge >= 0.3 is 0 Å². The Hall–Kier alpha value is -0.910. The number of thiophene rings is 1. The number of rotatable bonds is 3. The average Bonchev–Trinajstić information content (AvgIpc) is 2.67. The van der Waals surface area contributed by atoms with E-state index in [9.17, 15) is 0 Å². The highest BCUT2D eigenvalue weighted by molar-refractivity contribution is 8.01. The molecule has 1 N–H and O–H groups in total. The summed E-state index contributed by atoms with van der Waals surface area (Å²) in [5.41, 5.74) is 0. The Balaban J connectivity index is 2.11. The Morgan fingerprint density at radius 2 is 2.07 bits per heavy atom. The zero-order valence-electron chi connectivity index (χ0n) is 7.25. The maximum Gasteiger partial charge on any atom is 0.193 e. The molecule has 2 aromatic rings. The molecule has 0 saturated carbocycles. The normalized spacial score (nSPS) is 10.4. The maximum atomic E-state index is 8.89. The SMILES string of the molecule is OCc1ccc(Sc2ncccn2)s1. The second kappa shape index (κ2) is 4.54. The summed E-state index contributed by atoms with van der Waals surface area (Å²) in [6.45, 7) is 0.0981. The van der Waals surface area contributed by atoms with Gasteiger partial charge in [-0.05, 0) is 30.0 Å². The fraction of sp³-hybridized carbons (Fsp3) is 0.111. The van der Waals surface area contributed by atoms with Crippen molar-refractivity contribution in [1.82, 2.24) is 9.97 Å². The third-order valence-corrected chi connectivity index (χ3v) is 3.62. The van der Waals surface area contributed by atoms with Crippen molar-refractivity contribution in [3.8, 4) is 0 Å². The molecule has 0 aliphatic heterocycles. The minimum atomic E-state index is 0.0981. The molecule has 0 fully saturated rings. The fourth-order valence-corrected chi connectivity index (χ4v) is 2.78. The molecular weight excluding hydrogens is 216 g/mol. The minimum absolute atomic E-state index is 0.0981. The number of hydrogen-bond donors (Lipinski definition) is 1. The lowest BCUT2D eigenvalue weighted by molar-refractivity contribution is 0.285. The van der Waals surface area contributed by atoms with E-state index in [1.54, 1.807) is 29.8 Å².